The molecule has 1 aliphatic rings. The normalized spacial score (nSPS) is 21.9. The first-order valence-corrected chi connectivity index (χ1v) is 5.24. The molecule has 16 heavy (non-hydrogen) atoms. The van der Waals surface area contributed by atoms with Gasteiger partial charge in [-0.3, -0.25) is 4.79 Å². The molecule has 1 aromatic carbocycles. The molecule has 0 aromatic heterocycles. The van der Waals surface area contributed by atoms with Crippen molar-refractivity contribution < 1.29 is 19.0 Å². The van der Waals surface area contributed by atoms with Crippen LogP contribution in [-0.2, 0) is 9.53 Å². The fourth-order valence-electron chi connectivity index (χ4n) is 2.13. The van der Waals surface area contributed by atoms with Crippen LogP contribution < -0.4 is 0 Å². The van der Waals surface area contributed by atoms with E-state index in [2.05, 4.69) is 0 Å². The first-order chi connectivity index (χ1) is 7.68. The molecule has 1 aliphatic heterocycles. The van der Waals surface area contributed by atoms with Gasteiger partial charge in [0.2, 0.25) is 0 Å². The maximum atomic E-state index is 13.1. The highest BCUT2D eigenvalue weighted by atomic mass is 19.1. The molecular formula is C12H13FO3. The topological polar surface area (TPSA) is 46.5 Å². The highest BCUT2D eigenvalue weighted by molar-refractivity contribution is 5.76. The third kappa shape index (κ3) is 2.22. The molecule has 86 valence electrons. The highest BCUT2D eigenvalue weighted by Crippen LogP contribution is 2.31. The zero-order valence-corrected chi connectivity index (χ0v) is 8.73. The number of carboxylic acid groups (broad SMARTS) is 1. The van der Waals surface area contributed by atoms with Crippen molar-refractivity contribution in [3.8, 4) is 0 Å². The molecule has 0 bridgehead atoms. The lowest BCUT2D eigenvalue weighted by Gasteiger charge is -2.18. The van der Waals surface area contributed by atoms with Gasteiger partial charge in [-0.15, -0.1) is 0 Å². The van der Waals surface area contributed by atoms with Crippen LogP contribution in [0.25, 0.3) is 0 Å². The summed E-state index contributed by atoms with van der Waals surface area (Å²) in [5, 5.41) is 9.20. The molecule has 0 aliphatic carbocycles. The maximum absolute atomic E-state index is 13.1. The maximum Gasteiger partial charge on any atom is 0.311 e. The number of carboxylic acids is 1. The smallest absolute Gasteiger partial charge is 0.311 e. The lowest BCUT2D eigenvalue weighted by molar-refractivity contribution is -0.140. The Kier molecular flexibility index (Phi) is 3.19. The number of aliphatic carboxylic acids is 1. The van der Waals surface area contributed by atoms with Crippen molar-refractivity contribution in [2.75, 3.05) is 13.2 Å². The molecule has 1 N–H and O–H groups in total. The summed E-state index contributed by atoms with van der Waals surface area (Å²) < 4.78 is 18.2. The predicted octanol–water partition coefficient (Wildman–Crippen LogP) is 2.03. The van der Waals surface area contributed by atoms with Crippen molar-refractivity contribution in [3.63, 3.8) is 0 Å². The second kappa shape index (κ2) is 4.61. The van der Waals surface area contributed by atoms with E-state index in [4.69, 9.17) is 4.74 Å². The second-order valence-electron chi connectivity index (χ2n) is 3.99. The average Bonchev–Trinajstić information content (AvgIpc) is 2.71. The molecule has 0 spiro atoms. The minimum atomic E-state index is -0.916. The molecule has 0 amide bonds. The van der Waals surface area contributed by atoms with Crippen molar-refractivity contribution in [1.82, 2.24) is 0 Å². The van der Waals surface area contributed by atoms with Gasteiger partial charge in [0.25, 0.3) is 0 Å². The van der Waals surface area contributed by atoms with Crippen LogP contribution in [-0.4, -0.2) is 24.3 Å². The number of benzene rings is 1. The van der Waals surface area contributed by atoms with E-state index in [1.54, 1.807) is 6.07 Å². The number of hydrogen-bond acceptors (Lipinski definition) is 2. The van der Waals surface area contributed by atoms with Crippen LogP contribution in [0, 0.1) is 11.7 Å². The number of hydrogen-bond donors (Lipinski definition) is 1. The van der Waals surface area contributed by atoms with Crippen LogP contribution in [0.1, 0.15) is 17.9 Å². The van der Waals surface area contributed by atoms with Gasteiger partial charge in [0.1, 0.15) is 5.82 Å². The lowest BCUT2D eigenvalue weighted by atomic mass is 9.85. The van der Waals surface area contributed by atoms with E-state index in [0.717, 1.165) is 0 Å². The fraction of sp³-hybridized carbons (Fsp3) is 0.417. The third-order valence-corrected chi connectivity index (χ3v) is 2.91. The SMILES string of the molecule is O=C(O)C(c1cccc(F)c1)C1CCOC1. The highest BCUT2D eigenvalue weighted by Gasteiger charge is 2.32. The number of halogens is 1. The van der Waals surface area contributed by atoms with Gasteiger partial charge >= 0.3 is 5.97 Å². The summed E-state index contributed by atoms with van der Waals surface area (Å²) in [5.74, 6) is -2.04. The van der Waals surface area contributed by atoms with Crippen molar-refractivity contribution >= 4 is 5.97 Å². The fourth-order valence-corrected chi connectivity index (χ4v) is 2.13. The van der Waals surface area contributed by atoms with Gasteiger partial charge in [-0.25, -0.2) is 4.39 Å². The predicted molar refractivity (Wildman–Crippen MR) is 55.7 cm³/mol. The van der Waals surface area contributed by atoms with Gasteiger partial charge in [-0.1, -0.05) is 12.1 Å². The van der Waals surface area contributed by atoms with E-state index < -0.39 is 17.7 Å². The number of rotatable bonds is 3. The van der Waals surface area contributed by atoms with Crippen LogP contribution in [0.5, 0.6) is 0 Å². The van der Waals surface area contributed by atoms with Gasteiger partial charge in [0.15, 0.2) is 0 Å². The third-order valence-electron chi connectivity index (χ3n) is 2.91. The molecule has 3 nitrogen and oxygen atoms in total. The van der Waals surface area contributed by atoms with E-state index in [0.29, 0.717) is 25.2 Å². The summed E-state index contributed by atoms with van der Waals surface area (Å²) >= 11 is 0. The van der Waals surface area contributed by atoms with Crippen molar-refractivity contribution in [2.24, 2.45) is 5.92 Å². The Morgan fingerprint density at radius 3 is 2.94 bits per heavy atom. The molecule has 0 saturated carbocycles. The molecular weight excluding hydrogens is 211 g/mol. The van der Waals surface area contributed by atoms with Crippen molar-refractivity contribution in [2.45, 2.75) is 12.3 Å². The Balaban J connectivity index is 2.28. The van der Waals surface area contributed by atoms with Crippen LogP contribution in [0.2, 0.25) is 0 Å². The summed E-state index contributed by atoms with van der Waals surface area (Å²) in [6, 6.07) is 5.79. The lowest BCUT2D eigenvalue weighted by Crippen LogP contribution is -2.22. The summed E-state index contributed by atoms with van der Waals surface area (Å²) in [4.78, 5) is 11.2. The van der Waals surface area contributed by atoms with Gasteiger partial charge in [0, 0.05) is 12.5 Å². The van der Waals surface area contributed by atoms with Crippen LogP contribution in [0.3, 0.4) is 0 Å². The zero-order valence-electron chi connectivity index (χ0n) is 8.73. The molecule has 1 saturated heterocycles. The second-order valence-corrected chi connectivity index (χ2v) is 3.99. The zero-order chi connectivity index (χ0) is 11.5. The average molecular weight is 224 g/mol. The molecule has 1 aromatic rings. The number of ether oxygens (including phenoxy) is 1. The van der Waals surface area contributed by atoms with Crippen LogP contribution in [0.15, 0.2) is 24.3 Å². The van der Waals surface area contributed by atoms with E-state index in [-0.39, 0.29) is 5.92 Å². The molecule has 2 atom stereocenters. The molecule has 4 heteroatoms. The van der Waals surface area contributed by atoms with Crippen LogP contribution >= 0.6 is 0 Å². The first-order valence-electron chi connectivity index (χ1n) is 5.24. The largest absolute Gasteiger partial charge is 0.481 e. The van der Waals surface area contributed by atoms with Crippen molar-refractivity contribution in [1.29, 1.82) is 0 Å². The van der Waals surface area contributed by atoms with Gasteiger partial charge in [-0.2, -0.15) is 0 Å². The summed E-state index contributed by atoms with van der Waals surface area (Å²) in [6.07, 6.45) is 0.716. The standard InChI is InChI=1S/C12H13FO3/c13-10-3-1-2-8(6-10)11(12(14)15)9-4-5-16-7-9/h1-3,6,9,11H,4-5,7H2,(H,14,15). The minimum absolute atomic E-state index is 0.0562. The summed E-state index contributed by atoms with van der Waals surface area (Å²) in [6.45, 7) is 1.03. The van der Waals surface area contributed by atoms with E-state index in [1.807, 2.05) is 0 Å². The Morgan fingerprint density at radius 2 is 2.38 bits per heavy atom. The van der Waals surface area contributed by atoms with Gasteiger partial charge in [0.05, 0.1) is 12.5 Å². The monoisotopic (exact) mass is 224 g/mol. The first kappa shape index (κ1) is 11.1. The Labute approximate surface area is 92.9 Å². The molecule has 2 rings (SSSR count). The Morgan fingerprint density at radius 1 is 1.56 bits per heavy atom. The molecule has 2 unspecified atom stereocenters. The molecule has 1 fully saturated rings. The van der Waals surface area contributed by atoms with E-state index in [9.17, 15) is 14.3 Å². The van der Waals surface area contributed by atoms with Crippen molar-refractivity contribution in [3.05, 3.63) is 35.6 Å². The quantitative estimate of drug-likeness (QED) is 0.854. The minimum Gasteiger partial charge on any atom is -0.481 e. The number of carbonyl (C=O) groups is 1. The van der Waals surface area contributed by atoms with Gasteiger partial charge in [-0.05, 0) is 24.1 Å². The Hall–Kier alpha value is -1.42. The summed E-state index contributed by atoms with van der Waals surface area (Å²) in [7, 11) is 0. The Bertz CT molecular complexity index is 386. The van der Waals surface area contributed by atoms with E-state index in [1.165, 1.54) is 18.2 Å². The molecule has 0 radical (unpaired) electrons. The van der Waals surface area contributed by atoms with Crippen LogP contribution in [0.4, 0.5) is 4.39 Å². The van der Waals surface area contributed by atoms with E-state index >= 15 is 0 Å². The summed E-state index contributed by atoms with van der Waals surface area (Å²) in [5.41, 5.74) is 0.517. The molecule has 1 heterocycles. The van der Waals surface area contributed by atoms with Gasteiger partial charge < -0.3 is 9.84 Å².